The zero-order valence-corrected chi connectivity index (χ0v) is 25.1. The van der Waals surface area contributed by atoms with E-state index >= 15 is 0 Å². The van der Waals surface area contributed by atoms with E-state index in [1.54, 1.807) is 0 Å². The van der Waals surface area contributed by atoms with Crippen LogP contribution in [0.15, 0.2) is 158 Å². The smallest absolute Gasteiger partial charge is 0.222 e. The first kappa shape index (κ1) is 24.9. The van der Waals surface area contributed by atoms with Crippen molar-refractivity contribution in [2.75, 3.05) is 0 Å². The van der Waals surface area contributed by atoms with Crippen LogP contribution < -0.4 is 4.40 Å². The molecule has 0 saturated heterocycles. The molecule has 0 bridgehead atoms. The summed E-state index contributed by atoms with van der Waals surface area (Å²) in [6.07, 6.45) is 0. The van der Waals surface area contributed by atoms with E-state index in [9.17, 15) is 0 Å². The summed E-state index contributed by atoms with van der Waals surface area (Å²) in [7, 11) is 0. The minimum atomic E-state index is -0.613. The second kappa shape index (κ2) is 8.80. The molecule has 2 aliphatic rings. The SMILES string of the molecule is Cc1c2[n+]3c4c(cccc4c4cccc5c4c3n1C5)C(c1ccccc1)(c1ccccc1)C2(c1ccccc1)c1ccccc1. The van der Waals surface area contributed by atoms with E-state index < -0.39 is 10.8 Å². The van der Waals surface area contributed by atoms with E-state index in [4.69, 9.17) is 0 Å². The molecule has 10 rings (SSSR count). The highest BCUT2D eigenvalue weighted by Gasteiger charge is 2.65. The third-order valence-corrected chi connectivity index (χ3v) is 10.8. The van der Waals surface area contributed by atoms with Gasteiger partial charge in [0, 0.05) is 28.8 Å². The zero-order valence-electron chi connectivity index (χ0n) is 25.1. The van der Waals surface area contributed by atoms with Crippen molar-refractivity contribution in [3.8, 4) is 0 Å². The third kappa shape index (κ3) is 2.80. The average molecular weight is 576 g/mol. The van der Waals surface area contributed by atoms with Gasteiger partial charge in [0.15, 0.2) is 5.69 Å². The van der Waals surface area contributed by atoms with Crippen molar-refractivity contribution in [2.24, 2.45) is 0 Å². The Kier molecular flexibility index (Phi) is 4.87. The van der Waals surface area contributed by atoms with E-state index in [2.05, 4.69) is 174 Å². The minimum Gasteiger partial charge on any atom is -0.222 e. The van der Waals surface area contributed by atoms with Crippen molar-refractivity contribution >= 4 is 27.3 Å². The number of rotatable bonds is 4. The van der Waals surface area contributed by atoms with E-state index in [1.807, 2.05) is 0 Å². The predicted octanol–water partition coefficient (Wildman–Crippen LogP) is 8.89. The lowest BCUT2D eigenvalue weighted by Gasteiger charge is -2.53. The standard InChI is InChI=1S/C43H31N2/c1-29-40-43(33-21-10-4-11-22-33,34-23-12-5-13-24-34)42(31-17-6-2-7-18-31,32-19-8-3-9-20-32)37-27-15-26-36-35-25-14-16-30-28-44(29)41(38(30)35)45(40)39(36)37/h2-27H,28H2,1H3/q+1. The van der Waals surface area contributed by atoms with Crippen LogP contribution >= 0.6 is 0 Å². The maximum absolute atomic E-state index is 2.67. The van der Waals surface area contributed by atoms with Gasteiger partial charge in [0.1, 0.15) is 23.2 Å². The van der Waals surface area contributed by atoms with Crippen LogP contribution in [0.4, 0.5) is 0 Å². The Bertz CT molecular complexity index is 2360. The fraction of sp³-hybridized carbons (Fsp3) is 0.0930. The van der Waals surface area contributed by atoms with Gasteiger partial charge in [-0.25, -0.2) is 4.57 Å². The number of aromatic nitrogens is 2. The van der Waals surface area contributed by atoms with Gasteiger partial charge >= 0.3 is 0 Å². The lowest BCUT2D eigenvalue weighted by molar-refractivity contribution is -0.498. The second-order valence-corrected chi connectivity index (χ2v) is 12.7. The molecule has 0 atom stereocenters. The molecule has 0 spiro atoms. The molecule has 0 aliphatic carbocycles. The topological polar surface area (TPSA) is 9.03 Å². The monoisotopic (exact) mass is 575 g/mol. The first-order valence-corrected chi connectivity index (χ1v) is 15.9. The quantitative estimate of drug-likeness (QED) is 0.146. The Balaban J connectivity index is 1.60. The molecular formula is C43H31N2+. The van der Waals surface area contributed by atoms with Gasteiger partial charge in [0.2, 0.25) is 0 Å². The molecule has 0 fully saturated rings. The van der Waals surface area contributed by atoms with Gasteiger partial charge in [-0.2, -0.15) is 4.40 Å². The number of hydrogen-bond donors (Lipinski definition) is 0. The Morgan fingerprint density at radius 2 is 1.00 bits per heavy atom. The molecule has 212 valence electrons. The Morgan fingerprint density at radius 3 is 1.56 bits per heavy atom. The van der Waals surface area contributed by atoms with Gasteiger partial charge in [0.05, 0.1) is 10.8 Å². The first-order chi connectivity index (χ1) is 22.3. The summed E-state index contributed by atoms with van der Waals surface area (Å²) in [6.45, 7) is 3.25. The van der Waals surface area contributed by atoms with Crippen molar-refractivity contribution in [3.05, 3.63) is 202 Å². The van der Waals surface area contributed by atoms with Crippen molar-refractivity contribution in [2.45, 2.75) is 24.3 Å². The van der Waals surface area contributed by atoms with Gasteiger partial charge in [-0.05, 0) is 22.3 Å². The average Bonchev–Trinajstić information content (AvgIpc) is 3.64. The van der Waals surface area contributed by atoms with Crippen LogP contribution in [0.1, 0.15) is 44.8 Å². The zero-order chi connectivity index (χ0) is 29.8. The minimum absolute atomic E-state index is 0.605. The van der Waals surface area contributed by atoms with Crippen LogP contribution in [-0.2, 0) is 17.4 Å². The third-order valence-electron chi connectivity index (χ3n) is 10.8. The lowest BCUT2D eigenvalue weighted by atomic mass is 9.46. The Hall–Kier alpha value is -5.47. The summed E-state index contributed by atoms with van der Waals surface area (Å²) in [5.41, 5.74) is 12.0. The van der Waals surface area contributed by atoms with Crippen molar-refractivity contribution in [1.29, 1.82) is 0 Å². The predicted molar refractivity (Wildman–Crippen MR) is 182 cm³/mol. The van der Waals surface area contributed by atoms with Crippen LogP contribution in [0.3, 0.4) is 0 Å². The van der Waals surface area contributed by atoms with E-state index in [1.165, 1.54) is 72.1 Å². The summed E-state index contributed by atoms with van der Waals surface area (Å²) < 4.78 is 5.26. The maximum atomic E-state index is 2.67. The number of imidazole rings is 1. The van der Waals surface area contributed by atoms with Gasteiger partial charge < -0.3 is 0 Å². The van der Waals surface area contributed by atoms with Crippen molar-refractivity contribution in [3.63, 3.8) is 0 Å². The molecule has 0 amide bonds. The summed E-state index contributed by atoms with van der Waals surface area (Å²) in [6, 6.07) is 59.1. The van der Waals surface area contributed by atoms with Gasteiger partial charge in [-0.3, -0.25) is 0 Å². The Labute approximate surface area is 262 Å². The van der Waals surface area contributed by atoms with Crippen LogP contribution in [0, 0.1) is 6.92 Å². The fourth-order valence-electron chi connectivity index (χ4n) is 9.38. The van der Waals surface area contributed by atoms with Crippen LogP contribution in [-0.4, -0.2) is 4.57 Å². The van der Waals surface area contributed by atoms with Gasteiger partial charge in [-0.1, -0.05) is 158 Å². The van der Waals surface area contributed by atoms with Crippen LogP contribution in [0.25, 0.3) is 27.3 Å². The number of para-hydroxylation sites is 1. The van der Waals surface area contributed by atoms with Crippen LogP contribution in [0.5, 0.6) is 0 Å². The molecule has 0 saturated carbocycles. The van der Waals surface area contributed by atoms with E-state index in [0.717, 1.165) is 6.54 Å². The number of hydrogen-bond acceptors (Lipinski definition) is 0. The molecule has 2 aliphatic heterocycles. The maximum Gasteiger partial charge on any atom is 0.295 e. The Morgan fingerprint density at radius 1 is 0.511 bits per heavy atom. The van der Waals surface area contributed by atoms with Gasteiger partial charge in [0.25, 0.3) is 5.65 Å². The largest absolute Gasteiger partial charge is 0.295 e. The highest BCUT2D eigenvalue weighted by molar-refractivity contribution is 6.12. The number of fused-ring (bicyclic) bond motifs is 1. The summed E-state index contributed by atoms with van der Waals surface area (Å²) >= 11 is 0. The molecular weight excluding hydrogens is 544 g/mol. The summed E-state index contributed by atoms with van der Waals surface area (Å²) in [4.78, 5) is 0. The molecule has 2 nitrogen and oxygen atoms in total. The number of benzene rings is 6. The van der Waals surface area contributed by atoms with Crippen molar-refractivity contribution < 1.29 is 4.40 Å². The van der Waals surface area contributed by atoms with Crippen LogP contribution in [0.2, 0.25) is 0 Å². The fourth-order valence-corrected chi connectivity index (χ4v) is 9.38. The van der Waals surface area contributed by atoms with Crippen molar-refractivity contribution in [1.82, 2.24) is 4.57 Å². The molecule has 0 unspecified atom stereocenters. The molecule has 0 N–H and O–H groups in total. The number of nitrogens with zero attached hydrogens (tertiary/aromatic N) is 2. The molecule has 6 aromatic carbocycles. The van der Waals surface area contributed by atoms with E-state index in [-0.39, 0.29) is 0 Å². The molecule has 2 aromatic heterocycles. The normalized spacial score (nSPS) is 15.5. The lowest BCUT2D eigenvalue weighted by Crippen LogP contribution is -2.60. The second-order valence-electron chi connectivity index (χ2n) is 12.7. The molecule has 0 radical (unpaired) electrons. The highest BCUT2D eigenvalue weighted by atomic mass is 15.2. The molecule has 8 aromatic rings. The molecule has 4 heterocycles. The summed E-state index contributed by atoms with van der Waals surface area (Å²) in [5, 5.41) is 4.04. The van der Waals surface area contributed by atoms with Gasteiger partial charge in [-0.15, -0.1) is 0 Å². The van der Waals surface area contributed by atoms with E-state index in [0.29, 0.717) is 0 Å². The summed E-state index contributed by atoms with van der Waals surface area (Å²) in [5.74, 6) is 0. The highest BCUT2D eigenvalue weighted by Crippen LogP contribution is 2.63. The first-order valence-electron chi connectivity index (χ1n) is 15.9. The number of pyridine rings is 1. The molecule has 45 heavy (non-hydrogen) atoms. The molecule has 2 heteroatoms.